The van der Waals surface area contributed by atoms with Gasteiger partial charge in [0.15, 0.2) is 0 Å². The Kier molecular flexibility index (Phi) is 3.58. The number of hydrogen-bond donors (Lipinski definition) is 1. The molecule has 1 aromatic rings. The lowest BCUT2D eigenvalue weighted by Crippen LogP contribution is -1.92. The van der Waals surface area contributed by atoms with E-state index in [1.807, 2.05) is 18.3 Å². The zero-order valence-electron chi connectivity index (χ0n) is 6.23. The van der Waals surface area contributed by atoms with E-state index in [1.54, 1.807) is 6.20 Å². The maximum Gasteiger partial charge on any atom is 0.0822 e. The molecule has 0 saturated heterocycles. The van der Waals surface area contributed by atoms with Crippen LogP contribution in [0.25, 0.3) is 0 Å². The summed E-state index contributed by atoms with van der Waals surface area (Å²) in [6, 6.07) is 3.90. The average Bonchev–Trinajstić information content (AvgIpc) is 2.07. The highest BCUT2D eigenvalue weighted by Crippen LogP contribution is 1.99. The number of aromatic nitrogens is 1. The fraction of sp³-hybridized carbons (Fsp3) is 0.375. The van der Waals surface area contributed by atoms with Gasteiger partial charge < -0.3 is 0 Å². The molecule has 0 fully saturated rings. The smallest absolute Gasteiger partial charge is 0.0822 e. The van der Waals surface area contributed by atoms with Gasteiger partial charge in [0.25, 0.3) is 0 Å². The Balaban J connectivity index is 2.28. The highest BCUT2D eigenvalue weighted by Gasteiger charge is 1.91. The number of aryl methyl sites for hydroxylation is 1. The van der Waals surface area contributed by atoms with Crippen molar-refractivity contribution in [2.45, 2.75) is 12.8 Å². The van der Waals surface area contributed by atoms with Gasteiger partial charge in [-0.15, -0.1) is 0 Å². The van der Waals surface area contributed by atoms with Crippen molar-refractivity contribution >= 4 is 0 Å². The Hall–Kier alpha value is -0.930. The van der Waals surface area contributed by atoms with E-state index in [-0.39, 0.29) is 0 Å². The summed E-state index contributed by atoms with van der Waals surface area (Å²) >= 11 is 0. The summed E-state index contributed by atoms with van der Waals surface area (Å²) in [6.07, 6.45) is 5.28. The molecular formula is C8H11NO2. The Labute approximate surface area is 65.6 Å². The third-order valence-electron chi connectivity index (χ3n) is 1.42. The minimum Gasteiger partial charge on any atom is -0.264 e. The quantitative estimate of drug-likeness (QED) is 0.405. The molecule has 0 aliphatic rings. The molecule has 0 amide bonds. The molecule has 0 radical (unpaired) electrons. The molecule has 3 nitrogen and oxygen atoms in total. The fourth-order valence-corrected chi connectivity index (χ4v) is 0.887. The van der Waals surface area contributed by atoms with Gasteiger partial charge in [0, 0.05) is 12.4 Å². The van der Waals surface area contributed by atoms with Crippen LogP contribution in [0.3, 0.4) is 0 Å². The first kappa shape index (κ1) is 8.17. The number of nitrogens with zero attached hydrogens (tertiary/aromatic N) is 1. The molecule has 0 atom stereocenters. The summed E-state index contributed by atoms with van der Waals surface area (Å²) in [5, 5.41) is 8.03. The molecule has 0 unspecified atom stereocenters. The Morgan fingerprint density at radius 3 is 3.09 bits per heavy atom. The maximum atomic E-state index is 8.03. The van der Waals surface area contributed by atoms with E-state index in [1.165, 1.54) is 5.56 Å². The topological polar surface area (TPSA) is 42.4 Å². The Morgan fingerprint density at radius 2 is 2.45 bits per heavy atom. The van der Waals surface area contributed by atoms with Crippen LogP contribution in [-0.4, -0.2) is 16.8 Å². The molecule has 0 bridgehead atoms. The summed E-state index contributed by atoms with van der Waals surface area (Å²) < 4.78 is 0. The van der Waals surface area contributed by atoms with Crippen LogP contribution in [0.15, 0.2) is 24.5 Å². The summed E-state index contributed by atoms with van der Waals surface area (Å²) in [6.45, 7) is 0.384. The van der Waals surface area contributed by atoms with Crippen molar-refractivity contribution in [3.8, 4) is 0 Å². The van der Waals surface area contributed by atoms with E-state index in [9.17, 15) is 0 Å². The molecule has 60 valence electrons. The van der Waals surface area contributed by atoms with Crippen molar-refractivity contribution in [3.05, 3.63) is 30.1 Å². The van der Waals surface area contributed by atoms with E-state index in [0.717, 1.165) is 12.8 Å². The van der Waals surface area contributed by atoms with Crippen molar-refractivity contribution in [1.82, 2.24) is 4.98 Å². The summed E-state index contributed by atoms with van der Waals surface area (Å²) in [5.74, 6) is 0. The minimum absolute atomic E-state index is 0.384. The van der Waals surface area contributed by atoms with Gasteiger partial charge in [-0.05, 0) is 24.5 Å². The SMILES string of the molecule is OOCCCc1cccnc1. The van der Waals surface area contributed by atoms with Crippen molar-refractivity contribution in [2.24, 2.45) is 0 Å². The molecule has 0 saturated carbocycles. The van der Waals surface area contributed by atoms with Crippen molar-refractivity contribution in [3.63, 3.8) is 0 Å². The van der Waals surface area contributed by atoms with Crippen LogP contribution in [0.2, 0.25) is 0 Å². The molecule has 0 aliphatic heterocycles. The van der Waals surface area contributed by atoms with Gasteiger partial charge in [-0.25, -0.2) is 4.89 Å². The third-order valence-corrected chi connectivity index (χ3v) is 1.42. The van der Waals surface area contributed by atoms with Gasteiger partial charge in [0.1, 0.15) is 0 Å². The second-order valence-corrected chi connectivity index (χ2v) is 2.30. The molecule has 1 rings (SSSR count). The molecule has 1 heterocycles. The number of pyridine rings is 1. The Bertz CT molecular complexity index is 189. The van der Waals surface area contributed by atoms with E-state index in [4.69, 9.17) is 5.26 Å². The van der Waals surface area contributed by atoms with E-state index in [0.29, 0.717) is 6.61 Å². The molecule has 3 heteroatoms. The average molecular weight is 153 g/mol. The number of hydrogen-bond acceptors (Lipinski definition) is 3. The molecule has 0 aromatic carbocycles. The summed E-state index contributed by atoms with van der Waals surface area (Å²) in [7, 11) is 0. The number of rotatable bonds is 4. The standard InChI is InChI=1S/C8H11NO2/c10-11-6-2-4-8-3-1-5-9-7-8/h1,3,5,7,10H,2,4,6H2. The Morgan fingerprint density at radius 1 is 1.55 bits per heavy atom. The van der Waals surface area contributed by atoms with Crippen LogP contribution in [0.5, 0.6) is 0 Å². The van der Waals surface area contributed by atoms with Crippen molar-refractivity contribution in [1.29, 1.82) is 0 Å². The van der Waals surface area contributed by atoms with E-state index < -0.39 is 0 Å². The van der Waals surface area contributed by atoms with Gasteiger partial charge in [-0.3, -0.25) is 10.2 Å². The molecule has 0 aliphatic carbocycles. The van der Waals surface area contributed by atoms with Crippen LogP contribution in [0, 0.1) is 0 Å². The molecule has 0 spiro atoms. The zero-order valence-corrected chi connectivity index (χ0v) is 6.23. The molecular weight excluding hydrogens is 142 g/mol. The molecule has 1 aromatic heterocycles. The van der Waals surface area contributed by atoms with Crippen molar-refractivity contribution in [2.75, 3.05) is 6.61 Å². The lowest BCUT2D eigenvalue weighted by Gasteiger charge is -1.97. The van der Waals surface area contributed by atoms with Gasteiger partial charge in [-0.1, -0.05) is 6.07 Å². The summed E-state index contributed by atoms with van der Waals surface area (Å²) in [5.41, 5.74) is 1.17. The second kappa shape index (κ2) is 4.82. The second-order valence-electron chi connectivity index (χ2n) is 2.30. The highest BCUT2D eigenvalue weighted by atomic mass is 17.1. The van der Waals surface area contributed by atoms with Gasteiger partial charge in [0.2, 0.25) is 0 Å². The monoisotopic (exact) mass is 153 g/mol. The molecule has 1 N–H and O–H groups in total. The zero-order chi connectivity index (χ0) is 7.94. The normalized spacial score (nSPS) is 9.91. The molecule has 11 heavy (non-hydrogen) atoms. The first-order valence-corrected chi connectivity index (χ1v) is 3.59. The minimum atomic E-state index is 0.384. The van der Waals surface area contributed by atoms with Crippen LogP contribution in [0.1, 0.15) is 12.0 Å². The highest BCUT2D eigenvalue weighted by molar-refractivity contribution is 5.08. The third kappa shape index (κ3) is 3.11. The summed E-state index contributed by atoms with van der Waals surface area (Å²) in [4.78, 5) is 7.90. The van der Waals surface area contributed by atoms with Crippen LogP contribution in [-0.2, 0) is 11.3 Å². The maximum absolute atomic E-state index is 8.03. The lowest BCUT2D eigenvalue weighted by atomic mass is 10.2. The van der Waals surface area contributed by atoms with Crippen LogP contribution >= 0.6 is 0 Å². The lowest BCUT2D eigenvalue weighted by molar-refractivity contribution is -0.242. The van der Waals surface area contributed by atoms with E-state index >= 15 is 0 Å². The largest absolute Gasteiger partial charge is 0.264 e. The first-order chi connectivity index (χ1) is 5.43. The van der Waals surface area contributed by atoms with Crippen LogP contribution in [0.4, 0.5) is 0 Å². The van der Waals surface area contributed by atoms with Gasteiger partial charge in [-0.2, -0.15) is 0 Å². The predicted octanol–water partition coefficient (Wildman–Crippen LogP) is 1.50. The first-order valence-electron chi connectivity index (χ1n) is 3.59. The van der Waals surface area contributed by atoms with Gasteiger partial charge in [0.05, 0.1) is 6.61 Å². The van der Waals surface area contributed by atoms with E-state index in [2.05, 4.69) is 9.87 Å². The fourth-order valence-electron chi connectivity index (χ4n) is 0.887. The van der Waals surface area contributed by atoms with Crippen molar-refractivity contribution < 1.29 is 10.1 Å². The van der Waals surface area contributed by atoms with Gasteiger partial charge >= 0.3 is 0 Å². The predicted molar refractivity (Wildman–Crippen MR) is 41.1 cm³/mol. The van der Waals surface area contributed by atoms with Crippen LogP contribution < -0.4 is 0 Å².